The van der Waals surface area contributed by atoms with Gasteiger partial charge >= 0.3 is 0 Å². The third-order valence-corrected chi connectivity index (χ3v) is 6.54. The van der Waals surface area contributed by atoms with Crippen LogP contribution in [-0.4, -0.2) is 23.7 Å². The van der Waals surface area contributed by atoms with E-state index in [0.717, 1.165) is 10.7 Å². The number of benzene rings is 1. The zero-order chi connectivity index (χ0) is 11.6. The lowest BCUT2D eigenvalue weighted by Gasteiger charge is -2.06. The second kappa shape index (κ2) is 4.92. The van der Waals surface area contributed by atoms with Gasteiger partial charge in [0, 0.05) is 16.3 Å². The molecule has 0 spiro atoms. The first-order valence-corrected chi connectivity index (χ1v) is 7.94. The van der Waals surface area contributed by atoms with Crippen LogP contribution in [-0.2, 0) is 9.84 Å². The van der Waals surface area contributed by atoms with Gasteiger partial charge in [0.15, 0.2) is 18.9 Å². The van der Waals surface area contributed by atoms with Crippen molar-refractivity contribution >= 4 is 54.1 Å². The van der Waals surface area contributed by atoms with E-state index in [1.165, 1.54) is 0 Å². The quantitative estimate of drug-likeness (QED) is 0.443. The lowest BCUT2D eigenvalue weighted by molar-refractivity contribution is 0.101. The van der Waals surface area contributed by atoms with E-state index < -0.39 is 13.1 Å². The van der Waals surface area contributed by atoms with E-state index in [9.17, 15) is 13.2 Å². The Balaban J connectivity index is 3.01. The molecule has 0 N–H and O–H groups in total. The average Bonchev–Trinajstić information content (AvgIpc) is 2.15. The highest BCUT2D eigenvalue weighted by Gasteiger charge is 2.26. The van der Waals surface area contributed by atoms with Gasteiger partial charge in [-0.05, 0) is 12.1 Å². The summed E-state index contributed by atoms with van der Waals surface area (Å²) in [6, 6.07) is 6.62. The summed E-state index contributed by atoms with van der Waals surface area (Å²) in [6.45, 7) is 0. The highest BCUT2D eigenvalue weighted by molar-refractivity contribution is 14.1. The van der Waals surface area contributed by atoms with Crippen LogP contribution in [0.1, 0.15) is 10.4 Å². The van der Waals surface area contributed by atoms with Gasteiger partial charge in [0.25, 0.3) is 0 Å². The molecule has 82 valence electrons. The predicted molar refractivity (Wildman–Crippen MR) is 71.1 cm³/mol. The minimum atomic E-state index is -3.33. The molecule has 1 atom stereocenters. The molecule has 0 heterocycles. The summed E-state index contributed by atoms with van der Waals surface area (Å²) in [5, 5.41) is 0. The van der Waals surface area contributed by atoms with Crippen molar-refractivity contribution in [3.63, 3.8) is 0 Å². The zero-order valence-corrected chi connectivity index (χ0v) is 12.3. The van der Waals surface area contributed by atoms with Crippen LogP contribution in [0.5, 0.6) is 0 Å². The van der Waals surface area contributed by atoms with Crippen LogP contribution in [0.3, 0.4) is 0 Å². The maximum Gasteiger partial charge on any atom is 0.190 e. The Hall–Kier alpha value is 0.0500. The summed E-state index contributed by atoms with van der Waals surface area (Å²) in [5.74, 6) is -0.384. The van der Waals surface area contributed by atoms with Gasteiger partial charge in [0.05, 0.1) is 0 Å². The molecule has 3 nitrogen and oxygen atoms in total. The molecule has 1 rings (SSSR count). The first kappa shape index (κ1) is 13.1. The summed E-state index contributed by atoms with van der Waals surface area (Å²) in [5.41, 5.74) is 0.406. The predicted octanol–water partition coefficient (Wildman–Crippen LogP) is 2.44. The van der Waals surface area contributed by atoms with Crippen molar-refractivity contribution in [2.75, 3.05) is 6.26 Å². The van der Waals surface area contributed by atoms with Crippen LogP contribution < -0.4 is 0 Å². The van der Waals surface area contributed by atoms with Crippen LogP contribution >= 0.6 is 38.5 Å². The number of hydrogen-bond donors (Lipinski definition) is 0. The van der Waals surface area contributed by atoms with E-state index in [2.05, 4.69) is 15.9 Å². The molecule has 0 saturated heterocycles. The van der Waals surface area contributed by atoms with Crippen LogP contribution in [0, 0.1) is 0 Å². The Morgan fingerprint density at radius 1 is 1.33 bits per heavy atom. The molecule has 6 heteroatoms. The highest BCUT2D eigenvalue weighted by atomic mass is 127. The van der Waals surface area contributed by atoms with Gasteiger partial charge in [0.2, 0.25) is 0 Å². The van der Waals surface area contributed by atoms with Crippen molar-refractivity contribution in [1.82, 2.24) is 0 Å². The van der Waals surface area contributed by atoms with E-state index in [1.54, 1.807) is 46.9 Å². The molecular formula is C9H8BrIO3S. The van der Waals surface area contributed by atoms with Gasteiger partial charge in [-0.25, -0.2) is 8.42 Å². The van der Waals surface area contributed by atoms with Gasteiger partial charge in [-0.15, -0.1) is 0 Å². The lowest BCUT2D eigenvalue weighted by Crippen LogP contribution is -2.23. The number of rotatable bonds is 3. The van der Waals surface area contributed by atoms with Gasteiger partial charge in [-0.2, -0.15) is 0 Å². The van der Waals surface area contributed by atoms with Crippen molar-refractivity contribution < 1.29 is 13.2 Å². The Morgan fingerprint density at radius 2 is 1.80 bits per heavy atom. The highest BCUT2D eigenvalue weighted by Crippen LogP contribution is 2.18. The number of ketones is 1. The smallest absolute Gasteiger partial charge is 0.190 e. The van der Waals surface area contributed by atoms with Gasteiger partial charge < -0.3 is 0 Å². The fourth-order valence-electron chi connectivity index (χ4n) is 0.940. The average molecular weight is 403 g/mol. The normalized spacial score (nSPS) is 13.5. The van der Waals surface area contributed by atoms with Crippen LogP contribution in [0.25, 0.3) is 0 Å². The molecule has 0 saturated carbocycles. The topological polar surface area (TPSA) is 51.2 Å². The summed E-state index contributed by atoms with van der Waals surface area (Å²) >= 11 is 4.88. The van der Waals surface area contributed by atoms with Crippen LogP contribution in [0.4, 0.5) is 0 Å². The minimum Gasteiger partial charge on any atom is -0.292 e. The van der Waals surface area contributed by atoms with E-state index in [1.807, 2.05) is 0 Å². The Labute approximate surface area is 110 Å². The zero-order valence-electron chi connectivity index (χ0n) is 7.78. The fraction of sp³-hybridized carbons (Fsp3) is 0.222. The standard InChI is InChI=1S/C9H8BrIO3S/c1-15(13,14)9(11)8(12)6-2-4-7(10)5-3-6/h2-5,9H,1H3/t9-/m1/s1. The maximum atomic E-state index is 11.7. The Morgan fingerprint density at radius 3 is 2.20 bits per heavy atom. The first-order valence-electron chi connectivity index (χ1n) is 3.95. The summed E-state index contributed by atoms with van der Waals surface area (Å²) in [6.07, 6.45) is 1.06. The first-order chi connectivity index (χ1) is 6.82. The van der Waals surface area contributed by atoms with Crippen LogP contribution in [0.15, 0.2) is 28.7 Å². The van der Waals surface area contributed by atoms with E-state index >= 15 is 0 Å². The van der Waals surface area contributed by atoms with Gasteiger partial charge in [0.1, 0.15) is 0 Å². The van der Waals surface area contributed by atoms with Gasteiger partial charge in [-0.1, -0.05) is 50.7 Å². The second-order valence-electron chi connectivity index (χ2n) is 3.02. The molecule has 0 amide bonds. The molecule has 0 aliphatic rings. The number of sulfone groups is 1. The molecule has 0 aromatic heterocycles. The number of carbonyl (C=O) groups excluding carboxylic acids is 1. The van der Waals surface area contributed by atoms with E-state index in [-0.39, 0.29) is 5.78 Å². The second-order valence-corrected chi connectivity index (χ2v) is 8.15. The Kier molecular flexibility index (Phi) is 4.30. The van der Waals surface area contributed by atoms with Crippen molar-refractivity contribution in [2.24, 2.45) is 0 Å². The third kappa shape index (κ3) is 3.53. The SMILES string of the molecule is CS(=O)(=O)[C@@H](I)C(=O)c1ccc(Br)cc1. The number of Topliss-reactive ketones (excluding diaryl/α,β-unsaturated/α-hetero) is 1. The molecule has 15 heavy (non-hydrogen) atoms. The van der Waals surface area contributed by atoms with Crippen molar-refractivity contribution in [2.45, 2.75) is 3.26 Å². The van der Waals surface area contributed by atoms with Crippen molar-refractivity contribution in [3.8, 4) is 0 Å². The molecular weight excluding hydrogens is 395 g/mol. The minimum absolute atomic E-state index is 0.384. The monoisotopic (exact) mass is 402 g/mol. The molecule has 0 unspecified atom stereocenters. The number of carbonyl (C=O) groups is 1. The van der Waals surface area contributed by atoms with E-state index in [0.29, 0.717) is 5.56 Å². The maximum absolute atomic E-state index is 11.7. The van der Waals surface area contributed by atoms with Crippen LogP contribution in [0.2, 0.25) is 0 Å². The molecule has 0 radical (unpaired) electrons. The number of hydrogen-bond acceptors (Lipinski definition) is 3. The summed E-state index contributed by atoms with van der Waals surface area (Å²) in [7, 11) is -3.33. The number of halogens is 2. The van der Waals surface area contributed by atoms with E-state index in [4.69, 9.17) is 0 Å². The van der Waals surface area contributed by atoms with Gasteiger partial charge in [-0.3, -0.25) is 4.79 Å². The molecule has 0 fully saturated rings. The molecule has 1 aromatic rings. The largest absolute Gasteiger partial charge is 0.292 e. The third-order valence-electron chi connectivity index (χ3n) is 1.71. The summed E-state index contributed by atoms with van der Waals surface area (Å²) < 4.78 is 22.2. The molecule has 0 aliphatic heterocycles. The van der Waals surface area contributed by atoms with Crippen molar-refractivity contribution in [3.05, 3.63) is 34.3 Å². The summed E-state index contributed by atoms with van der Waals surface area (Å²) in [4.78, 5) is 11.7. The lowest BCUT2D eigenvalue weighted by atomic mass is 10.2. The molecule has 0 bridgehead atoms. The number of alkyl halides is 1. The van der Waals surface area contributed by atoms with Crippen molar-refractivity contribution in [1.29, 1.82) is 0 Å². The Bertz CT molecular complexity index is 467. The molecule has 1 aromatic carbocycles. The molecule has 0 aliphatic carbocycles. The fourth-order valence-corrected chi connectivity index (χ4v) is 2.09.